The Morgan fingerprint density at radius 3 is 2.26 bits per heavy atom. The number of aryl methyl sites for hydroxylation is 1. The normalized spacial score (nSPS) is 15.3. The highest BCUT2D eigenvalue weighted by Gasteiger charge is 2.32. The number of halogens is 3. The summed E-state index contributed by atoms with van der Waals surface area (Å²) in [5.74, 6) is 0.770. The molecule has 8 heteroatoms. The summed E-state index contributed by atoms with van der Waals surface area (Å²) in [6.07, 6.45) is 7.11. The Labute approximate surface area is 164 Å². The van der Waals surface area contributed by atoms with Crippen molar-refractivity contribution < 1.29 is 13.2 Å². The van der Waals surface area contributed by atoms with Crippen molar-refractivity contribution >= 4 is 23.1 Å². The second-order valence-electron chi connectivity index (χ2n) is 6.00. The predicted octanol–water partition coefficient (Wildman–Crippen LogP) is 5.99. The second-order valence-corrected chi connectivity index (χ2v) is 7.08. The zero-order chi connectivity index (χ0) is 20.4. The summed E-state index contributed by atoms with van der Waals surface area (Å²) in [5.41, 5.74) is 1.10. The molecule has 3 rings (SSSR count). The van der Waals surface area contributed by atoms with Crippen LogP contribution >= 0.6 is 11.8 Å². The number of nitrogens with zero attached hydrogens (tertiary/aromatic N) is 2. The molecule has 0 bridgehead atoms. The predicted molar refractivity (Wildman–Crippen MR) is 108 cm³/mol. The third-order valence-corrected chi connectivity index (χ3v) is 5.14. The van der Waals surface area contributed by atoms with Gasteiger partial charge in [-0.05, 0) is 50.7 Å². The van der Waals surface area contributed by atoms with Crippen molar-refractivity contribution in [2.24, 2.45) is 5.73 Å². The number of anilines is 1. The van der Waals surface area contributed by atoms with Crippen molar-refractivity contribution in [3.63, 3.8) is 0 Å². The zero-order valence-electron chi connectivity index (χ0n) is 16.6. The zero-order valence-corrected chi connectivity index (χ0v) is 17.4. The summed E-state index contributed by atoms with van der Waals surface area (Å²) >= 11 is -0.0895. The van der Waals surface area contributed by atoms with Crippen molar-refractivity contribution in [3.8, 4) is 0 Å². The fraction of sp³-hybridized carbons (Fsp3) is 0.632. The van der Waals surface area contributed by atoms with Gasteiger partial charge in [0.2, 0.25) is 0 Å². The molecule has 27 heavy (non-hydrogen) atoms. The molecule has 0 unspecified atom stereocenters. The molecule has 1 aliphatic carbocycles. The molecule has 2 aromatic rings. The van der Waals surface area contributed by atoms with Gasteiger partial charge in [-0.15, -0.1) is 0 Å². The average Bonchev–Trinajstić information content (AvgIpc) is 2.82. The van der Waals surface area contributed by atoms with Gasteiger partial charge < -0.3 is 11.1 Å². The van der Waals surface area contributed by atoms with E-state index in [1.807, 2.05) is 19.9 Å². The summed E-state index contributed by atoms with van der Waals surface area (Å²) in [4.78, 5) is 0.182. The molecule has 4 nitrogen and oxygen atoms in total. The Hall–Kier alpha value is -1.41. The summed E-state index contributed by atoms with van der Waals surface area (Å²) in [5, 5.41) is 7.80. The van der Waals surface area contributed by atoms with Crippen molar-refractivity contribution in [3.05, 3.63) is 23.9 Å². The lowest BCUT2D eigenvalue weighted by Gasteiger charge is -2.18. The molecule has 1 saturated carbocycles. The number of alkyl halides is 3. The third-order valence-electron chi connectivity index (χ3n) is 4.20. The summed E-state index contributed by atoms with van der Waals surface area (Å²) < 4.78 is 39.9. The Morgan fingerprint density at radius 2 is 1.70 bits per heavy atom. The highest BCUT2D eigenvalue weighted by atomic mass is 32.2. The molecule has 2 heterocycles. The quantitative estimate of drug-likeness (QED) is 0.487. The maximum absolute atomic E-state index is 12.8. The number of pyridine rings is 1. The van der Waals surface area contributed by atoms with Gasteiger partial charge in [0.15, 0.2) is 0 Å². The fourth-order valence-electron chi connectivity index (χ4n) is 3.15. The van der Waals surface area contributed by atoms with Gasteiger partial charge in [-0.25, -0.2) is 4.52 Å². The van der Waals surface area contributed by atoms with E-state index < -0.39 is 5.51 Å². The van der Waals surface area contributed by atoms with E-state index in [-0.39, 0.29) is 16.7 Å². The van der Waals surface area contributed by atoms with Gasteiger partial charge in [-0.1, -0.05) is 45.6 Å². The van der Waals surface area contributed by atoms with Gasteiger partial charge in [0.25, 0.3) is 0 Å². The first-order valence-electron chi connectivity index (χ1n) is 9.52. The number of nitrogens with one attached hydrogen (secondary N) is 1. The van der Waals surface area contributed by atoms with Crippen LogP contribution in [-0.4, -0.2) is 28.2 Å². The number of rotatable bonds is 3. The van der Waals surface area contributed by atoms with Gasteiger partial charge in [0.05, 0.1) is 16.1 Å². The molecule has 0 saturated heterocycles. The number of hydrogen-bond donors (Lipinski definition) is 2. The molecule has 2 aromatic heterocycles. The van der Waals surface area contributed by atoms with Crippen LogP contribution in [0.4, 0.5) is 19.0 Å². The highest BCUT2D eigenvalue weighted by Crippen LogP contribution is 2.41. The number of hydrogen-bond acceptors (Lipinski definition) is 4. The van der Waals surface area contributed by atoms with E-state index in [0.717, 1.165) is 18.7 Å². The third kappa shape index (κ3) is 6.92. The molecule has 154 valence electrons. The molecule has 0 spiro atoms. The van der Waals surface area contributed by atoms with E-state index >= 15 is 0 Å². The molecule has 3 N–H and O–H groups in total. The number of aromatic nitrogens is 2. The fourth-order valence-corrected chi connectivity index (χ4v) is 3.82. The molecule has 0 aromatic carbocycles. The molecule has 1 fully saturated rings. The first-order valence-corrected chi connectivity index (χ1v) is 10.3. The summed E-state index contributed by atoms with van der Waals surface area (Å²) in [6, 6.07) is 5.72. The minimum atomic E-state index is -4.31. The summed E-state index contributed by atoms with van der Waals surface area (Å²) in [6.45, 7) is 5.62. The van der Waals surface area contributed by atoms with E-state index in [9.17, 15) is 13.2 Å². The molecular formula is C19H31F3N4S. The minimum Gasteiger partial charge on any atom is -0.367 e. The topological polar surface area (TPSA) is 55.3 Å². The molecular weight excluding hydrogens is 373 g/mol. The molecule has 0 atom stereocenters. The SMILES string of the molecule is CC.CN.Cc1nn2c(NC3CCCCCC3)cccc2c1SC(F)(F)F. The lowest BCUT2D eigenvalue weighted by molar-refractivity contribution is -0.0328. The van der Waals surface area contributed by atoms with Gasteiger partial charge in [-0.2, -0.15) is 18.3 Å². The van der Waals surface area contributed by atoms with Crippen LogP contribution in [0.2, 0.25) is 0 Å². The highest BCUT2D eigenvalue weighted by molar-refractivity contribution is 8.00. The van der Waals surface area contributed by atoms with Crippen molar-refractivity contribution in [1.29, 1.82) is 0 Å². The van der Waals surface area contributed by atoms with Crippen molar-refractivity contribution in [1.82, 2.24) is 9.61 Å². The van der Waals surface area contributed by atoms with Crippen LogP contribution in [0.25, 0.3) is 5.52 Å². The van der Waals surface area contributed by atoms with Crippen LogP contribution in [-0.2, 0) is 0 Å². The van der Waals surface area contributed by atoms with Gasteiger partial charge in [0.1, 0.15) is 5.82 Å². The minimum absolute atomic E-state index is 0.0895. The van der Waals surface area contributed by atoms with Crippen LogP contribution < -0.4 is 11.1 Å². The Kier molecular flexibility index (Phi) is 10.0. The van der Waals surface area contributed by atoms with E-state index in [1.54, 1.807) is 23.6 Å². The Morgan fingerprint density at radius 1 is 1.11 bits per heavy atom. The summed E-state index contributed by atoms with van der Waals surface area (Å²) in [7, 11) is 1.50. The van der Waals surface area contributed by atoms with E-state index in [1.165, 1.54) is 32.7 Å². The number of nitrogens with two attached hydrogens (primary N) is 1. The van der Waals surface area contributed by atoms with Crippen molar-refractivity contribution in [2.45, 2.75) is 75.7 Å². The second kappa shape index (κ2) is 11.4. The number of fused-ring (bicyclic) bond motifs is 1. The molecule has 1 aliphatic rings. The Balaban J connectivity index is 0.000000855. The smallest absolute Gasteiger partial charge is 0.367 e. The van der Waals surface area contributed by atoms with Crippen molar-refractivity contribution in [2.75, 3.05) is 12.4 Å². The van der Waals surface area contributed by atoms with Crippen LogP contribution in [0.1, 0.15) is 58.1 Å². The van der Waals surface area contributed by atoms with Crippen LogP contribution in [0.15, 0.2) is 23.1 Å². The largest absolute Gasteiger partial charge is 0.446 e. The van der Waals surface area contributed by atoms with Crippen LogP contribution in [0, 0.1) is 6.92 Å². The van der Waals surface area contributed by atoms with Gasteiger partial charge in [-0.3, -0.25) is 0 Å². The van der Waals surface area contributed by atoms with E-state index in [4.69, 9.17) is 0 Å². The van der Waals surface area contributed by atoms with Crippen LogP contribution in [0.3, 0.4) is 0 Å². The van der Waals surface area contributed by atoms with Gasteiger partial charge >= 0.3 is 5.51 Å². The van der Waals surface area contributed by atoms with E-state index in [2.05, 4.69) is 16.1 Å². The maximum atomic E-state index is 12.8. The van der Waals surface area contributed by atoms with E-state index in [0.29, 0.717) is 17.3 Å². The average molecular weight is 405 g/mol. The molecule has 0 amide bonds. The lowest BCUT2D eigenvalue weighted by Crippen LogP contribution is -2.20. The monoisotopic (exact) mass is 404 g/mol. The number of thioether (sulfide) groups is 1. The first kappa shape index (κ1) is 23.6. The standard InChI is InChI=1S/C16H20F3N3S.C2H6.CH5N/c1-11-15(23-16(17,18)19)13-9-6-10-14(22(13)21-11)20-12-7-4-2-3-5-8-12;2*1-2/h6,9-10,12,20H,2-5,7-8H2,1H3;1-2H3;2H2,1H3. The first-order chi connectivity index (χ1) is 12.9. The molecule has 0 aliphatic heterocycles. The molecule has 0 radical (unpaired) electrons. The maximum Gasteiger partial charge on any atom is 0.446 e. The lowest BCUT2D eigenvalue weighted by atomic mass is 10.1. The Bertz CT molecular complexity index is 677. The van der Waals surface area contributed by atoms with Crippen LogP contribution in [0.5, 0.6) is 0 Å². The van der Waals surface area contributed by atoms with Gasteiger partial charge in [0, 0.05) is 6.04 Å².